The summed E-state index contributed by atoms with van der Waals surface area (Å²) in [5.74, 6) is -0.433. The number of non-ortho nitro benzene ring substituents is 1. The molecule has 200 valence electrons. The summed E-state index contributed by atoms with van der Waals surface area (Å²) in [6.07, 6.45) is 5.67. The highest BCUT2D eigenvalue weighted by atomic mass is 16.6. The minimum absolute atomic E-state index is 0.0148. The third kappa shape index (κ3) is 7.19. The van der Waals surface area contributed by atoms with E-state index in [1.54, 1.807) is 23.1 Å². The van der Waals surface area contributed by atoms with Crippen LogP contribution in [0.2, 0.25) is 0 Å². The Morgan fingerprint density at radius 3 is 2.36 bits per heavy atom. The highest BCUT2D eigenvalue weighted by molar-refractivity contribution is 5.94. The van der Waals surface area contributed by atoms with Crippen LogP contribution >= 0.6 is 0 Å². The van der Waals surface area contributed by atoms with Gasteiger partial charge in [0, 0.05) is 54.4 Å². The molecule has 1 aromatic heterocycles. The summed E-state index contributed by atoms with van der Waals surface area (Å²) in [5.41, 5.74) is 3.86. The Morgan fingerprint density at radius 1 is 0.974 bits per heavy atom. The molecule has 39 heavy (non-hydrogen) atoms. The molecule has 0 unspecified atom stereocenters. The molecule has 4 rings (SSSR count). The third-order valence-corrected chi connectivity index (χ3v) is 6.63. The number of nitro benzene ring substituents is 1. The fourth-order valence-corrected chi connectivity index (χ4v) is 4.42. The van der Waals surface area contributed by atoms with Gasteiger partial charge >= 0.3 is 0 Å². The first-order valence-corrected chi connectivity index (χ1v) is 12.9. The number of carbonyl (C=O) groups is 2. The van der Waals surface area contributed by atoms with Gasteiger partial charge in [-0.1, -0.05) is 48.5 Å². The van der Waals surface area contributed by atoms with Crippen LogP contribution in [0.5, 0.6) is 0 Å². The van der Waals surface area contributed by atoms with E-state index >= 15 is 0 Å². The van der Waals surface area contributed by atoms with Crippen molar-refractivity contribution in [2.45, 2.75) is 32.9 Å². The lowest BCUT2D eigenvalue weighted by Crippen LogP contribution is -2.45. The molecular formula is C31H32N4O4. The van der Waals surface area contributed by atoms with E-state index in [1.165, 1.54) is 23.1 Å². The highest BCUT2D eigenvalue weighted by Crippen LogP contribution is 2.19. The molecule has 0 saturated heterocycles. The maximum atomic E-state index is 13.6. The molecule has 0 aliphatic heterocycles. The maximum Gasteiger partial charge on any atom is 0.269 e. The van der Waals surface area contributed by atoms with E-state index in [9.17, 15) is 19.7 Å². The van der Waals surface area contributed by atoms with E-state index < -0.39 is 4.92 Å². The van der Waals surface area contributed by atoms with E-state index in [-0.39, 0.29) is 30.1 Å². The van der Waals surface area contributed by atoms with Crippen molar-refractivity contribution in [1.29, 1.82) is 0 Å². The zero-order valence-corrected chi connectivity index (χ0v) is 22.1. The second kappa shape index (κ2) is 12.7. The summed E-state index contributed by atoms with van der Waals surface area (Å²) in [7, 11) is 0. The van der Waals surface area contributed by atoms with Crippen LogP contribution in [0.25, 0.3) is 17.0 Å². The lowest BCUT2D eigenvalue weighted by atomic mass is 10.1. The number of aromatic amines is 1. The van der Waals surface area contributed by atoms with Crippen molar-refractivity contribution in [3.63, 3.8) is 0 Å². The van der Waals surface area contributed by atoms with Gasteiger partial charge in [0.15, 0.2) is 0 Å². The van der Waals surface area contributed by atoms with Gasteiger partial charge in [-0.15, -0.1) is 0 Å². The number of carbonyl (C=O) groups excluding carboxylic acids is 2. The Kier molecular flexibility index (Phi) is 8.89. The number of aromatic nitrogens is 1. The largest absolute Gasteiger partial charge is 0.361 e. The van der Waals surface area contributed by atoms with E-state index in [4.69, 9.17) is 0 Å². The molecule has 1 heterocycles. The van der Waals surface area contributed by atoms with Crippen LogP contribution in [0.15, 0.2) is 91.1 Å². The van der Waals surface area contributed by atoms with E-state index in [0.29, 0.717) is 25.1 Å². The summed E-state index contributed by atoms with van der Waals surface area (Å²) in [6, 6.07) is 23.7. The lowest BCUT2D eigenvalue weighted by molar-refractivity contribution is -0.384. The number of rotatable bonds is 11. The molecular weight excluding hydrogens is 492 g/mol. The number of hydrogen-bond donors (Lipinski definition) is 1. The van der Waals surface area contributed by atoms with Gasteiger partial charge in [-0.3, -0.25) is 19.7 Å². The molecule has 2 amide bonds. The van der Waals surface area contributed by atoms with Crippen molar-refractivity contribution in [3.8, 4) is 0 Å². The molecule has 8 heteroatoms. The van der Waals surface area contributed by atoms with Gasteiger partial charge in [-0.25, -0.2) is 0 Å². The average Bonchev–Trinajstić information content (AvgIpc) is 3.36. The van der Waals surface area contributed by atoms with E-state index in [2.05, 4.69) is 11.1 Å². The summed E-state index contributed by atoms with van der Waals surface area (Å²) < 4.78 is 0. The van der Waals surface area contributed by atoms with E-state index in [1.807, 2.05) is 68.6 Å². The summed E-state index contributed by atoms with van der Waals surface area (Å²) >= 11 is 0. The number of hydrogen-bond acceptors (Lipinski definition) is 4. The monoisotopic (exact) mass is 524 g/mol. The van der Waals surface area contributed by atoms with Crippen LogP contribution < -0.4 is 0 Å². The molecule has 0 bridgehead atoms. The third-order valence-electron chi connectivity index (χ3n) is 6.63. The molecule has 0 saturated carbocycles. The number of nitrogens with one attached hydrogen (secondary N) is 1. The van der Waals surface area contributed by atoms with Crippen LogP contribution in [0.4, 0.5) is 5.69 Å². The first-order chi connectivity index (χ1) is 18.8. The number of amides is 2. The molecule has 0 fully saturated rings. The van der Waals surface area contributed by atoms with Gasteiger partial charge in [-0.2, -0.15) is 0 Å². The van der Waals surface area contributed by atoms with Gasteiger partial charge in [0.1, 0.15) is 6.54 Å². The standard InChI is InChI=1S/C31H32N4O4/c1-23(2)34(30(36)17-14-24-12-15-27(16-13-24)35(38)39)22-31(37)33(21-25-8-4-3-5-9-25)19-18-26-20-32-29-11-7-6-10-28(26)29/h3-17,20,23,32H,18-19,21-22H2,1-2H3/b17-14+. The fraction of sp³-hybridized carbons (Fsp3) is 0.226. The van der Waals surface area contributed by atoms with E-state index in [0.717, 1.165) is 22.0 Å². The SMILES string of the molecule is CC(C)N(CC(=O)N(CCc1c[nH]c2ccccc12)Cc1ccccc1)C(=O)/C=C/c1ccc([N+](=O)[O-])cc1. The molecule has 1 N–H and O–H groups in total. The first kappa shape index (κ1) is 27.3. The fourth-order valence-electron chi connectivity index (χ4n) is 4.42. The predicted molar refractivity (Wildman–Crippen MR) is 153 cm³/mol. The molecule has 8 nitrogen and oxygen atoms in total. The number of fused-ring (bicyclic) bond motifs is 1. The van der Waals surface area contributed by atoms with Crippen LogP contribution in [-0.2, 0) is 22.6 Å². The molecule has 0 atom stereocenters. The number of nitrogens with zero attached hydrogens (tertiary/aromatic N) is 3. The summed E-state index contributed by atoms with van der Waals surface area (Å²) in [5, 5.41) is 12.0. The number of nitro groups is 1. The summed E-state index contributed by atoms with van der Waals surface area (Å²) in [6.45, 7) is 4.65. The zero-order chi connectivity index (χ0) is 27.8. The molecule has 4 aromatic rings. The first-order valence-electron chi connectivity index (χ1n) is 12.9. The van der Waals surface area contributed by atoms with Gasteiger partial charge < -0.3 is 14.8 Å². The Bertz CT molecular complexity index is 1460. The second-order valence-corrected chi connectivity index (χ2v) is 9.65. The smallest absolute Gasteiger partial charge is 0.269 e. The van der Waals surface area contributed by atoms with Crippen molar-refractivity contribution in [2.75, 3.05) is 13.1 Å². The van der Waals surface area contributed by atoms with Crippen molar-refractivity contribution >= 4 is 34.5 Å². The van der Waals surface area contributed by atoms with Crippen molar-refractivity contribution in [1.82, 2.24) is 14.8 Å². The van der Waals surface area contributed by atoms with Gasteiger partial charge in [0.05, 0.1) is 4.92 Å². The van der Waals surface area contributed by atoms with Crippen molar-refractivity contribution in [2.24, 2.45) is 0 Å². The van der Waals surface area contributed by atoms with Crippen molar-refractivity contribution < 1.29 is 14.5 Å². The maximum absolute atomic E-state index is 13.6. The van der Waals surface area contributed by atoms with Crippen LogP contribution in [-0.4, -0.2) is 50.7 Å². The molecule has 0 radical (unpaired) electrons. The minimum atomic E-state index is -0.468. The minimum Gasteiger partial charge on any atom is -0.361 e. The van der Waals surface area contributed by atoms with Gasteiger partial charge in [-0.05, 0) is 61.2 Å². The normalized spacial score (nSPS) is 11.3. The van der Waals surface area contributed by atoms with Gasteiger partial charge in [0.2, 0.25) is 11.8 Å². The van der Waals surface area contributed by atoms with Gasteiger partial charge in [0.25, 0.3) is 5.69 Å². The van der Waals surface area contributed by atoms with Crippen LogP contribution in [0, 0.1) is 10.1 Å². The zero-order valence-electron chi connectivity index (χ0n) is 22.1. The Labute approximate surface area is 227 Å². The Balaban J connectivity index is 1.48. The average molecular weight is 525 g/mol. The highest BCUT2D eigenvalue weighted by Gasteiger charge is 2.23. The van der Waals surface area contributed by atoms with Crippen molar-refractivity contribution in [3.05, 3.63) is 118 Å². The second-order valence-electron chi connectivity index (χ2n) is 9.65. The van der Waals surface area contributed by atoms with Crippen LogP contribution in [0.3, 0.4) is 0 Å². The topological polar surface area (TPSA) is 99.6 Å². The Hall–Kier alpha value is -4.72. The Morgan fingerprint density at radius 2 is 1.67 bits per heavy atom. The molecule has 0 aliphatic carbocycles. The lowest BCUT2D eigenvalue weighted by Gasteiger charge is -2.29. The predicted octanol–water partition coefficient (Wildman–Crippen LogP) is 5.60. The molecule has 3 aromatic carbocycles. The number of benzene rings is 3. The number of para-hydroxylation sites is 1. The molecule has 0 aliphatic rings. The number of H-pyrrole nitrogens is 1. The molecule has 0 spiro atoms. The summed E-state index contributed by atoms with van der Waals surface area (Å²) in [4.78, 5) is 43.7. The van der Waals surface area contributed by atoms with Crippen LogP contribution in [0.1, 0.15) is 30.5 Å². The quantitative estimate of drug-likeness (QED) is 0.157.